The van der Waals surface area contributed by atoms with E-state index in [9.17, 15) is 4.39 Å². The molecule has 1 rings (SSSR count). The van der Waals surface area contributed by atoms with Gasteiger partial charge in [-0.05, 0) is 18.2 Å². The van der Waals surface area contributed by atoms with Crippen LogP contribution >= 0.6 is 0 Å². The van der Waals surface area contributed by atoms with Crippen LogP contribution in [0.2, 0.25) is 0 Å². The third kappa shape index (κ3) is 0.937. The summed E-state index contributed by atoms with van der Waals surface area (Å²) in [6, 6.07) is 4.31. The standard InChI is InChI=1S/C6H4FO2/c7-4-2-1-3-5(8)6(4)9/h2-3,8-9H. The average Bonchev–Trinajstić information content (AvgIpc) is 1.83. The molecule has 0 spiro atoms. The van der Waals surface area contributed by atoms with Crippen molar-refractivity contribution in [2.75, 3.05) is 0 Å². The molecule has 0 aliphatic rings. The van der Waals surface area contributed by atoms with Crippen molar-refractivity contribution >= 4 is 0 Å². The maximum Gasteiger partial charge on any atom is 0.194 e. The molecule has 9 heavy (non-hydrogen) atoms. The summed E-state index contributed by atoms with van der Waals surface area (Å²) in [5.74, 6) is -2.08. The molecule has 0 unspecified atom stereocenters. The number of benzene rings is 1. The molecular formula is C6H4FO2. The van der Waals surface area contributed by atoms with Crippen molar-refractivity contribution in [3.05, 3.63) is 24.0 Å². The van der Waals surface area contributed by atoms with Crippen LogP contribution < -0.4 is 0 Å². The minimum absolute atomic E-state index is 0.491. The lowest BCUT2D eigenvalue weighted by atomic mass is 10.3. The molecule has 1 aromatic rings. The Labute approximate surface area is 51.2 Å². The van der Waals surface area contributed by atoms with Gasteiger partial charge in [-0.3, -0.25) is 0 Å². The number of halogens is 1. The number of hydrogen-bond donors (Lipinski definition) is 2. The van der Waals surface area contributed by atoms with Crippen molar-refractivity contribution in [3.8, 4) is 11.5 Å². The van der Waals surface area contributed by atoms with Gasteiger partial charge in [0.15, 0.2) is 17.3 Å². The Kier molecular flexibility index (Phi) is 1.26. The molecule has 1 aromatic carbocycles. The summed E-state index contributed by atoms with van der Waals surface area (Å²) in [5, 5.41) is 17.1. The molecule has 2 nitrogen and oxygen atoms in total. The first-order chi connectivity index (χ1) is 4.22. The van der Waals surface area contributed by atoms with Crippen molar-refractivity contribution in [3.63, 3.8) is 0 Å². The molecule has 0 atom stereocenters. The van der Waals surface area contributed by atoms with Crippen molar-refractivity contribution in [2.24, 2.45) is 0 Å². The Balaban J connectivity index is 3.25. The van der Waals surface area contributed by atoms with Gasteiger partial charge in [0.05, 0.1) is 0 Å². The average molecular weight is 127 g/mol. The fraction of sp³-hybridized carbons (Fsp3) is 0. The van der Waals surface area contributed by atoms with E-state index in [0.29, 0.717) is 0 Å². The zero-order chi connectivity index (χ0) is 6.85. The molecule has 0 aliphatic heterocycles. The third-order valence-corrected chi connectivity index (χ3v) is 0.899. The highest BCUT2D eigenvalue weighted by Crippen LogP contribution is 2.25. The molecule has 0 bridgehead atoms. The molecule has 47 valence electrons. The van der Waals surface area contributed by atoms with E-state index >= 15 is 0 Å². The molecule has 0 aromatic heterocycles. The van der Waals surface area contributed by atoms with E-state index in [2.05, 4.69) is 6.07 Å². The van der Waals surface area contributed by atoms with Crippen molar-refractivity contribution in [2.45, 2.75) is 0 Å². The maximum atomic E-state index is 12.1. The van der Waals surface area contributed by atoms with Crippen molar-refractivity contribution in [1.29, 1.82) is 0 Å². The number of phenols is 2. The van der Waals surface area contributed by atoms with Crippen LogP contribution in [-0.4, -0.2) is 10.2 Å². The highest BCUT2D eigenvalue weighted by molar-refractivity contribution is 5.37. The van der Waals surface area contributed by atoms with E-state index in [1.54, 1.807) is 0 Å². The lowest BCUT2D eigenvalue weighted by Gasteiger charge is -1.94. The smallest absolute Gasteiger partial charge is 0.194 e. The maximum absolute atomic E-state index is 12.1. The minimum atomic E-state index is -0.866. The molecule has 2 N–H and O–H groups in total. The van der Waals surface area contributed by atoms with E-state index < -0.39 is 17.3 Å². The van der Waals surface area contributed by atoms with Gasteiger partial charge in [0.1, 0.15) is 0 Å². The normalized spacial score (nSPS) is 9.44. The minimum Gasteiger partial charge on any atom is -0.504 e. The summed E-state index contributed by atoms with van der Waals surface area (Å²) in [5.41, 5.74) is 0. The van der Waals surface area contributed by atoms with Crippen LogP contribution in [0.3, 0.4) is 0 Å². The SMILES string of the molecule is Oc1c[c]cc(F)c1O. The van der Waals surface area contributed by atoms with E-state index in [1.807, 2.05) is 0 Å². The first kappa shape index (κ1) is 5.88. The lowest BCUT2D eigenvalue weighted by Crippen LogP contribution is -1.74. The van der Waals surface area contributed by atoms with Gasteiger partial charge in [0.25, 0.3) is 0 Å². The van der Waals surface area contributed by atoms with E-state index in [4.69, 9.17) is 10.2 Å². The molecule has 0 heterocycles. The predicted molar refractivity (Wildman–Crippen MR) is 28.6 cm³/mol. The zero-order valence-electron chi connectivity index (χ0n) is 4.43. The van der Waals surface area contributed by atoms with Crippen LogP contribution in [0.15, 0.2) is 12.1 Å². The Morgan fingerprint density at radius 2 is 2.00 bits per heavy atom. The van der Waals surface area contributed by atoms with Gasteiger partial charge in [-0.1, -0.05) is 0 Å². The lowest BCUT2D eigenvalue weighted by molar-refractivity contribution is 0.379. The molecule has 3 heteroatoms. The molecule has 0 amide bonds. The van der Waals surface area contributed by atoms with Crippen LogP contribution in [0.1, 0.15) is 0 Å². The number of phenolic OH excluding ortho intramolecular Hbond substituents is 2. The quantitative estimate of drug-likeness (QED) is 0.511. The highest BCUT2D eigenvalue weighted by atomic mass is 19.1. The fourth-order valence-corrected chi connectivity index (χ4v) is 0.453. The van der Waals surface area contributed by atoms with Crippen LogP contribution in [0, 0.1) is 11.9 Å². The van der Waals surface area contributed by atoms with Crippen LogP contribution in [0.25, 0.3) is 0 Å². The third-order valence-electron chi connectivity index (χ3n) is 0.899. The van der Waals surface area contributed by atoms with Gasteiger partial charge in [0.2, 0.25) is 0 Å². The first-order valence-corrected chi connectivity index (χ1v) is 2.29. The summed E-state index contributed by atoms with van der Waals surface area (Å²) in [7, 11) is 0. The summed E-state index contributed by atoms with van der Waals surface area (Å²) in [4.78, 5) is 0. The number of rotatable bonds is 0. The summed E-state index contributed by atoms with van der Waals surface area (Å²) < 4.78 is 12.1. The summed E-state index contributed by atoms with van der Waals surface area (Å²) in [6.07, 6.45) is 0. The molecule has 0 fully saturated rings. The van der Waals surface area contributed by atoms with Gasteiger partial charge >= 0.3 is 0 Å². The first-order valence-electron chi connectivity index (χ1n) is 2.29. The van der Waals surface area contributed by atoms with Gasteiger partial charge in [-0.25, -0.2) is 4.39 Å². The zero-order valence-corrected chi connectivity index (χ0v) is 4.43. The molecule has 0 aliphatic carbocycles. The Hall–Kier alpha value is -1.25. The Morgan fingerprint density at radius 3 is 2.44 bits per heavy atom. The van der Waals surface area contributed by atoms with Crippen molar-refractivity contribution in [1.82, 2.24) is 0 Å². The second-order valence-electron chi connectivity index (χ2n) is 1.54. The highest BCUT2D eigenvalue weighted by Gasteiger charge is 2.02. The molecule has 0 saturated heterocycles. The van der Waals surface area contributed by atoms with Crippen LogP contribution in [0.5, 0.6) is 11.5 Å². The molecular weight excluding hydrogens is 123 g/mol. The van der Waals surface area contributed by atoms with Crippen molar-refractivity contribution < 1.29 is 14.6 Å². The van der Waals surface area contributed by atoms with E-state index in [1.165, 1.54) is 0 Å². The largest absolute Gasteiger partial charge is 0.504 e. The van der Waals surface area contributed by atoms with Gasteiger partial charge in [-0.15, -0.1) is 0 Å². The van der Waals surface area contributed by atoms with Gasteiger partial charge in [-0.2, -0.15) is 0 Å². The monoisotopic (exact) mass is 127 g/mol. The van der Waals surface area contributed by atoms with E-state index in [-0.39, 0.29) is 0 Å². The number of aromatic hydroxyl groups is 2. The topological polar surface area (TPSA) is 40.5 Å². The summed E-state index contributed by atoms with van der Waals surface area (Å²) >= 11 is 0. The Morgan fingerprint density at radius 1 is 1.33 bits per heavy atom. The van der Waals surface area contributed by atoms with Gasteiger partial charge < -0.3 is 10.2 Å². The van der Waals surface area contributed by atoms with Crippen LogP contribution in [-0.2, 0) is 0 Å². The van der Waals surface area contributed by atoms with Crippen LogP contribution in [0.4, 0.5) is 4.39 Å². The predicted octanol–water partition coefficient (Wildman–Crippen LogP) is 1.04. The number of hydrogen-bond acceptors (Lipinski definition) is 2. The molecule has 0 saturated carbocycles. The molecule has 1 radical (unpaired) electrons. The van der Waals surface area contributed by atoms with Gasteiger partial charge in [0, 0.05) is 0 Å². The second kappa shape index (κ2) is 1.93. The van der Waals surface area contributed by atoms with E-state index in [0.717, 1.165) is 12.1 Å². The second-order valence-corrected chi connectivity index (χ2v) is 1.54. The summed E-state index contributed by atoms with van der Waals surface area (Å²) in [6.45, 7) is 0. The fourth-order valence-electron chi connectivity index (χ4n) is 0.453. The Bertz CT molecular complexity index is 202.